The summed E-state index contributed by atoms with van der Waals surface area (Å²) in [5.41, 5.74) is -0.768. The topological polar surface area (TPSA) is 94.2 Å². The van der Waals surface area contributed by atoms with E-state index >= 15 is 0 Å². The van der Waals surface area contributed by atoms with Crippen molar-refractivity contribution in [3.05, 3.63) is 38.5 Å². The number of hydrogen-bond acceptors (Lipinski definition) is 6. The van der Waals surface area contributed by atoms with E-state index in [1.165, 1.54) is 0 Å². The Hall–Kier alpha value is -2.31. The molecule has 2 rings (SSSR count). The third-order valence-corrected chi connectivity index (χ3v) is 2.04. The number of fused-ring (bicyclic) bond motifs is 1. The van der Waals surface area contributed by atoms with Crippen molar-refractivity contribution < 1.29 is 17.2 Å². The summed E-state index contributed by atoms with van der Waals surface area (Å²) in [7, 11) is 1.10. The molecule has 7 heteroatoms. The van der Waals surface area contributed by atoms with Gasteiger partial charge in [0, 0.05) is 6.07 Å². The first-order chi connectivity index (χ1) is 8.34. The fraction of sp³-hybridized carbons (Fsp3) is 0.222. The molecule has 1 heterocycles. The van der Waals surface area contributed by atoms with Crippen LogP contribution in [0.4, 0.5) is 5.69 Å². The van der Waals surface area contributed by atoms with Crippen LogP contribution in [0.3, 0.4) is 0 Å². The maximum atomic E-state index is 11.4. The maximum Gasteiger partial charge on any atom is 0.344 e. The van der Waals surface area contributed by atoms with Crippen LogP contribution in [0.25, 0.3) is 0 Å². The predicted octanol–water partition coefficient (Wildman–Crippen LogP) is -0.408. The Morgan fingerprint density at radius 2 is 2.19 bits per heavy atom. The highest BCUT2D eigenvalue weighted by atomic mass is 16.6. The van der Waals surface area contributed by atoms with Gasteiger partial charge in [0.15, 0.2) is 0 Å². The van der Waals surface area contributed by atoms with Crippen LogP contribution in [0.5, 0.6) is 0 Å². The quantitative estimate of drug-likeness (QED) is 0.387. The molecule has 0 bridgehead atoms. The first kappa shape index (κ1) is 7.91. The highest BCUT2D eigenvalue weighted by molar-refractivity contribution is 5.93. The molecule has 0 aliphatic carbocycles. The molecule has 82 valence electrons. The molecule has 1 aromatic rings. The predicted molar refractivity (Wildman–Crippen MR) is 51.6 cm³/mol. The number of esters is 1. The summed E-state index contributed by atoms with van der Waals surface area (Å²) in [6.07, 6.45) is 0. The minimum Gasteiger partial charge on any atom is -0.465 e. The van der Waals surface area contributed by atoms with Crippen LogP contribution in [-0.4, -0.2) is 24.6 Å². The Bertz CT molecular complexity index is 671. The van der Waals surface area contributed by atoms with Gasteiger partial charge in [0.25, 0.3) is 5.69 Å². The molecule has 0 aromatic heterocycles. The molecule has 1 aliphatic heterocycles. The lowest BCUT2D eigenvalue weighted by Crippen LogP contribution is -2.24. The summed E-state index contributed by atoms with van der Waals surface area (Å²) < 4.78 is 19.1. The normalized spacial score (nSPS) is 17.3. The van der Waals surface area contributed by atoms with Crippen molar-refractivity contribution in [1.82, 2.24) is 0 Å². The lowest BCUT2D eigenvalue weighted by molar-refractivity contribution is -0.385. The summed E-state index contributed by atoms with van der Waals surface area (Å²) >= 11 is 0. The van der Waals surface area contributed by atoms with Gasteiger partial charge >= 0.3 is 5.97 Å². The Kier molecular flexibility index (Phi) is 1.82. The van der Waals surface area contributed by atoms with Gasteiger partial charge in [-0.15, -0.1) is 0 Å². The monoisotopic (exact) mass is 223 g/mol. The van der Waals surface area contributed by atoms with Gasteiger partial charge in [-0.1, -0.05) is 0 Å². The van der Waals surface area contributed by atoms with E-state index in [0.29, 0.717) is 0 Å². The molecule has 7 nitrogen and oxygen atoms in total. The molecule has 0 spiro atoms. The number of nitrogens with zero attached hydrogens (tertiary/aromatic N) is 3. The lowest BCUT2D eigenvalue weighted by Gasteiger charge is -1.99. The van der Waals surface area contributed by atoms with Gasteiger partial charge in [-0.3, -0.25) is 20.1 Å². The Balaban J connectivity index is 2.76. The standard InChI is InChI=1S/C9H7N3O4/c1-16-9(13)5-2-6-7(11-4-10-6)3-8(5)12(14)15/h2-3H,4H2,1H3/i4D2. The summed E-state index contributed by atoms with van der Waals surface area (Å²) in [4.78, 5) is 28.6. The second kappa shape index (κ2) is 3.69. The fourth-order valence-corrected chi connectivity index (χ4v) is 1.30. The van der Waals surface area contributed by atoms with E-state index in [9.17, 15) is 14.9 Å². The summed E-state index contributed by atoms with van der Waals surface area (Å²) in [6.45, 7) is -2.16. The zero-order chi connectivity index (χ0) is 13.5. The van der Waals surface area contributed by atoms with Crippen LogP contribution in [0, 0.1) is 10.1 Å². The average Bonchev–Trinajstić information content (AvgIpc) is 2.58. The minimum absolute atomic E-state index is 0.0411. The molecule has 0 fully saturated rings. The molecule has 1 aromatic carbocycles. The molecule has 16 heavy (non-hydrogen) atoms. The van der Waals surface area contributed by atoms with Crippen LogP contribution >= 0.6 is 0 Å². The maximum absolute atomic E-state index is 11.4. The molecule has 0 unspecified atom stereocenters. The number of hydrogen-bond donors (Lipinski definition) is 0. The largest absolute Gasteiger partial charge is 0.465 e. The van der Waals surface area contributed by atoms with Crippen molar-refractivity contribution >= 4 is 11.7 Å². The zero-order valence-corrected chi connectivity index (χ0v) is 8.13. The second-order valence-corrected chi connectivity index (χ2v) is 2.93. The van der Waals surface area contributed by atoms with Crippen molar-refractivity contribution in [2.45, 2.75) is 0 Å². The lowest BCUT2D eigenvalue weighted by atomic mass is 10.1. The third kappa shape index (κ3) is 1.52. The molecule has 1 aliphatic rings. The highest BCUT2D eigenvalue weighted by Crippen LogP contribution is 2.15. The molecule has 0 amide bonds. The molecule has 0 saturated heterocycles. The van der Waals surface area contributed by atoms with E-state index in [1.807, 2.05) is 0 Å². The molecule has 0 atom stereocenters. The van der Waals surface area contributed by atoms with E-state index in [2.05, 4.69) is 14.7 Å². The number of rotatable bonds is 2. The van der Waals surface area contributed by atoms with Gasteiger partial charge in [-0.05, 0) is 6.07 Å². The average molecular weight is 223 g/mol. The van der Waals surface area contributed by atoms with Crippen molar-refractivity contribution in [3.63, 3.8) is 0 Å². The SMILES string of the molecule is [2H]C1([2H])N=c2cc(C(=O)OC)c([N+](=O)[O-])cc2=N1. The van der Waals surface area contributed by atoms with Crippen LogP contribution in [-0.2, 0) is 4.74 Å². The van der Waals surface area contributed by atoms with Crippen molar-refractivity contribution in [1.29, 1.82) is 0 Å². The van der Waals surface area contributed by atoms with Crippen LogP contribution in [0.15, 0.2) is 22.1 Å². The Labute approximate surface area is 92.0 Å². The van der Waals surface area contributed by atoms with Crippen molar-refractivity contribution in [2.24, 2.45) is 9.98 Å². The van der Waals surface area contributed by atoms with Crippen LogP contribution in [0.1, 0.15) is 13.1 Å². The Morgan fingerprint density at radius 3 is 2.75 bits per heavy atom. The minimum atomic E-state index is -2.16. The summed E-state index contributed by atoms with van der Waals surface area (Å²) in [6, 6.07) is 2.11. The first-order valence-electron chi connectivity index (χ1n) is 5.20. The number of benzene rings is 1. The molecule has 0 saturated carbocycles. The van der Waals surface area contributed by atoms with Gasteiger partial charge < -0.3 is 4.74 Å². The molecular formula is C9H7N3O4. The van der Waals surface area contributed by atoms with Gasteiger partial charge in [0.1, 0.15) is 12.2 Å². The smallest absolute Gasteiger partial charge is 0.344 e. The van der Waals surface area contributed by atoms with Crippen LogP contribution < -0.4 is 10.7 Å². The molecule has 0 radical (unpaired) electrons. The number of nitro benzene ring substituents is 1. The second-order valence-electron chi connectivity index (χ2n) is 2.93. The van der Waals surface area contributed by atoms with Gasteiger partial charge in [0.2, 0.25) is 0 Å². The Morgan fingerprint density at radius 1 is 1.56 bits per heavy atom. The molecule has 0 N–H and O–H groups in total. The van der Waals surface area contributed by atoms with Gasteiger partial charge in [0.05, 0.1) is 25.5 Å². The fourth-order valence-electron chi connectivity index (χ4n) is 1.30. The highest BCUT2D eigenvalue weighted by Gasteiger charge is 2.22. The van der Waals surface area contributed by atoms with E-state index in [4.69, 9.17) is 2.74 Å². The van der Waals surface area contributed by atoms with E-state index in [0.717, 1.165) is 19.2 Å². The van der Waals surface area contributed by atoms with Gasteiger partial charge in [-0.25, -0.2) is 4.79 Å². The number of ether oxygens (including phenoxy) is 1. The summed E-state index contributed by atoms with van der Waals surface area (Å²) in [5, 5.41) is 11.0. The number of carbonyl (C=O) groups is 1. The van der Waals surface area contributed by atoms with E-state index in [1.54, 1.807) is 0 Å². The van der Waals surface area contributed by atoms with E-state index in [-0.39, 0.29) is 16.3 Å². The van der Waals surface area contributed by atoms with Gasteiger partial charge in [-0.2, -0.15) is 0 Å². The summed E-state index contributed by atoms with van der Waals surface area (Å²) in [5.74, 6) is -0.882. The number of carbonyl (C=O) groups excluding carboxylic acids is 1. The van der Waals surface area contributed by atoms with E-state index < -0.39 is 23.2 Å². The zero-order valence-electron chi connectivity index (χ0n) is 10.1. The number of nitro groups is 1. The third-order valence-electron chi connectivity index (χ3n) is 2.04. The number of methoxy groups -OCH3 is 1. The molecular weight excluding hydrogens is 214 g/mol. The van der Waals surface area contributed by atoms with Crippen molar-refractivity contribution in [2.75, 3.05) is 13.7 Å². The van der Waals surface area contributed by atoms with Crippen molar-refractivity contribution in [3.8, 4) is 0 Å². The first-order valence-corrected chi connectivity index (χ1v) is 4.20. The van der Waals surface area contributed by atoms with Crippen LogP contribution in [0.2, 0.25) is 0 Å².